The number of nitrogens with zero attached hydrogens (tertiary/aromatic N) is 1. The van der Waals surface area contributed by atoms with Crippen LogP contribution in [0.4, 0.5) is 13.6 Å². The molecule has 0 aromatic heterocycles. The minimum atomic E-state index is -2.16. The van der Waals surface area contributed by atoms with Crippen molar-refractivity contribution in [2.45, 2.75) is 12.1 Å². The molecule has 1 N–H and O–H groups in total. The van der Waals surface area contributed by atoms with E-state index in [1.165, 1.54) is 6.07 Å². The lowest BCUT2D eigenvalue weighted by Gasteiger charge is -2.20. The second kappa shape index (κ2) is 6.55. The quantitative estimate of drug-likeness (QED) is 0.875. The number of rotatable bonds is 5. The Bertz CT molecular complexity index is 427. The van der Waals surface area contributed by atoms with Gasteiger partial charge in [-0.05, 0) is 5.56 Å². The third-order valence-electron chi connectivity index (χ3n) is 2.22. The molecular weight excluding hydrogens is 242 g/mol. The average Bonchev–Trinajstić information content (AvgIpc) is 2.44. The molecular formula is C12H12F2N2O2. The highest BCUT2D eigenvalue weighted by molar-refractivity contribution is 5.69. The van der Waals surface area contributed by atoms with Crippen molar-refractivity contribution >= 4 is 6.09 Å². The molecule has 1 rings (SSSR count). The number of amides is 1. The number of carbonyl (C=O) groups is 1. The summed E-state index contributed by atoms with van der Waals surface area (Å²) in [6.45, 7) is -2.67. The second-order valence-electron chi connectivity index (χ2n) is 3.65. The fourth-order valence-corrected chi connectivity index (χ4v) is 1.14. The molecule has 0 aliphatic heterocycles. The fourth-order valence-electron chi connectivity index (χ4n) is 1.14. The monoisotopic (exact) mass is 254 g/mol. The van der Waals surface area contributed by atoms with E-state index in [1.807, 2.05) is 5.32 Å². The van der Waals surface area contributed by atoms with Crippen molar-refractivity contribution in [3.63, 3.8) is 0 Å². The summed E-state index contributed by atoms with van der Waals surface area (Å²) in [6, 6.07) is 10.2. The second-order valence-corrected chi connectivity index (χ2v) is 3.65. The van der Waals surface area contributed by atoms with Gasteiger partial charge in [-0.1, -0.05) is 30.3 Å². The van der Waals surface area contributed by atoms with Crippen molar-refractivity contribution in [1.29, 1.82) is 5.26 Å². The first kappa shape index (κ1) is 13.9. The van der Waals surface area contributed by atoms with Gasteiger partial charge in [0, 0.05) is 0 Å². The van der Waals surface area contributed by atoms with Crippen molar-refractivity contribution in [3.8, 4) is 6.07 Å². The number of alkyl carbamates (subject to hydrolysis) is 1. The third-order valence-corrected chi connectivity index (χ3v) is 2.22. The van der Waals surface area contributed by atoms with Crippen LogP contribution in [0.1, 0.15) is 5.56 Å². The molecule has 0 atom stereocenters. The summed E-state index contributed by atoms with van der Waals surface area (Å²) in [4.78, 5) is 11.3. The summed E-state index contributed by atoms with van der Waals surface area (Å²) in [5.74, 6) is 0. The van der Waals surface area contributed by atoms with Crippen molar-refractivity contribution < 1.29 is 18.3 Å². The molecule has 18 heavy (non-hydrogen) atoms. The molecule has 1 aromatic carbocycles. The molecule has 6 heteroatoms. The maximum Gasteiger partial charge on any atom is 0.408 e. The molecule has 0 bridgehead atoms. The zero-order valence-corrected chi connectivity index (χ0v) is 9.53. The lowest BCUT2D eigenvalue weighted by Crippen LogP contribution is -2.51. The van der Waals surface area contributed by atoms with E-state index in [1.54, 1.807) is 30.3 Å². The lowest BCUT2D eigenvalue weighted by atomic mass is 10.1. The molecule has 0 unspecified atom stereocenters. The number of benzene rings is 1. The number of ether oxygens (including phenoxy) is 1. The van der Waals surface area contributed by atoms with Gasteiger partial charge in [0.1, 0.15) is 20.0 Å². The molecule has 0 saturated heterocycles. The van der Waals surface area contributed by atoms with Gasteiger partial charge in [-0.3, -0.25) is 5.32 Å². The first-order valence-corrected chi connectivity index (χ1v) is 5.18. The molecule has 4 nitrogen and oxygen atoms in total. The molecule has 0 heterocycles. The van der Waals surface area contributed by atoms with Crippen LogP contribution in [-0.4, -0.2) is 25.0 Å². The van der Waals surface area contributed by atoms with Crippen LogP contribution < -0.4 is 5.32 Å². The topological polar surface area (TPSA) is 62.1 Å². The number of nitriles is 1. The fraction of sp³-hybridized carbons (Fsp3) is 0.333. The Balaban J connectivity index is 2.50. The predicted octanol–water partition coefficient (Wildman–Crippen LogP) is 2.11. The van der Waals surface area contributed by atoms with Gasteiger partial charge in [-0.25, -0.2) is 13.6 Å². The Kier molecular flexibility index (Phi) is 5.06. The summed E-state index contributed by atoms with van der Waals surface area (Å²) in [7, 11) is 0. The Labute approximate surface area is 103 Å². The minimum absolute atomic E-state index is 0.0350. The van der Waals surface area contributed by atoms with Crippen LogP contribution in [0.2, 0.25) is 0 Å². The predicted molar refractivity (Wildman–Crippen MR) is 60.1 cm³/mol. The van der Waals surface area contributed by atoms with Crippen LogP contribution in [0, 0.1) is 11.3 Å². The summed E-state index contributed by atoms with van der Waals surface area (Å²) in [5.41, 5.74) is -1.43. The third kappa shape index (κ3) is 3.70. The number of hydrogen-bond acceptors (Lipinski definition) is 3. The Morgan fingerprint density at radius 3 is 2.44 bits per heavy atom. The van der Waals surface area contributed by atoms with Crippen molar-refractivity contribution in [1.82, 2.24) is 5.32 Å². The van der Waals surface area contributed by atoms with Gasteiger partial charge in [0.05, 0.1) is 6.07 Å². The van der Waals surface area contributed by atoms with Gasteiger partial charge < -0.3 is 4.74 Å². The molecule has 0 fully saturated rings. The molecule has 1 amide bonds. The van der Waals surface area contributed by atoms with E-state index >= 15 is 0 Å². The average molecular weight is 254 g/mol. The molecule has 0 radical (unpaired) electrons. The number of halogens is 2. The van der Waals surface area contributed by atoms with Crippen molar-refractivity contribution in [2.24, 2.45) is 0 Å². The maximum atomic E-state index is 12.5. The molecule has 0 aliphatic rings. The van der Waals surface area contributed by atoms with E-state index in [-0.39, 0.29) is 6.61 Å². The maximum absolute atomic E-state index is 12.5. The highest BCUT2D eigenvalue weighted by Crippen LogP contribution is 2.07. The first-order valence-electron chi connectivity index (χ1n) is 5.18. The van der Waals surface area contributed by atoms with Crippen LogP contribution >= 0.6 is 0 Å². The summed E-state index contributed by atoms with van der Waals surface area (Å²) in [5, 5.41) is 10.5. The lowest BCUT2D eigenvalue weighted by molar-refractivity contribution is 0.123. The van der Waals surface area contributed by atoms with Gasteiger partial charge >= 0.3 is 6.09 Å². The SMILES string of the molecule is N#CC(CF)(CF)NC(=O)OCc1ccccc1. The number of alkyl halides is 2. The van der Waals surface area contributed by atoms with Crippen molar-refractivity contribution in [2.75, 3.05) is 13.3 Å². The van der Waals surface area contributed by atoms with Crippen LogP contribution in [0.15, 0.2) is 30.3 Å². The Morgan fingerprint density at radius 2 is 1.94 bits per heavy atom. The van der Waals surface area contributed by atoms with E-state index in [4.69, 9.17) is 10.00 Å². The highest BCUT2D eigenvalue weighted by atomic mass is 19.1. The number of hydrogen-bond donors (Lipinski definition) is 1. The Morgan fingerprint density at radius 1 is 1.33 bits per heavy atom. The highest BCUT2D eigenvalue weighted by Gasteiger charge is 2.33. The van der Waals surface area contributed by atoms with Crippen LogP contribution in [0.5, 0.6) is 0 Å². The smallest absolute Gasteiger partial charge is 0.408 e. The van der Waals surface area contributed by atoms with Crippen LogP contribution in [-0.2, 0) is 11.3 Å². The Hall–Kier alpha value is -2.16. The normalized spacial score (nSPS) is 10.5. The van der Waals surface area contributed by atoms with Gasteiger partial charge in [-0.2, -0.15) is 5.26 Å². The van der Waals surface area contributed by atoms with E-state index in [2.05, 4.69) is 0 Å². The molecule has 96 valence electrons. The standard InChI is InChI=1S/C12H12F2N2O2/c13-7-12(8-14,9-15)16-11(17)18-6-10-4-2-1-3-5-10/h1-5H,6-8H2,(H,16,17). The zero-order chi connectivity index (χ0) is 13.4. The molecule has 0 spiro atoms. The van der Waals surface area contributed by atoms with Gasteiger partial charge in [0.25, 0.3) is 0 Å². The van der Waals surface area contributed by atoms with E-state index < -0.39 is 25.0 Å². The van der Waals surface area contributed by atoms with Crippen molar-refractivity contribution in [3.05, 3.63) is 35.9 Å². The van der Waals surface area contributed by atoms with Gasteiger partial charge in [0.15, 0.2) is 5.54 Å². The molecule has 1 aromatic rings. The van der Waals surface area contributed by atoms with Crippen LogP contribution in [0.3, 0.4) is 0 Å². The number of nitrogens with one attached hydrogen (secondary N) is 1. The van der Waals surface area contributed by atoms with Crippen LogP contribution in [0.25, 0.3) is 0 Å². The van der Waals surface area contributed by atoms with E-state index in [9.17, 15) is 13.6 Å². The first-order chi connectivity index (χ1) is 8.65. The molecule has 0 saturated carbocycles. The summed E-state index contributed by atoms with van der Waals surface area (Å²) < 4.78 is 29.8. The summed E-state index contributed by atoms with van der Waals surface area (Å²) in [6.07, 6.45) is -1.03. The van der Waals surface area contributed by atoms with Gasteiger partial charge in [-0.15, -0.1) is 0 Å². The zero-order valence-electron chi connectivity index (χ0n) is 9.53. The summed E-state index contributed by atoms with van der Waals surface area (Å²) >= 11 is 0. The minimum Gasteiger partial charge on any atom is -0.445 e. The van der Waals surface area contributed by atoms with E-state index in [0.29, 0.717) is 0 Å². The largest absolute Gasteiger partial charge is 0.445 e. The molecule has 0 aliphatic carbocycles. The number of carbonyl (C=O) groups excluding carboxylic acids is 1. The van der Waals surface area contributed by atoms with E-state index in [0.717, 1.165) is 5.56 Å². The van der Waals surface area contributed by atoms with Gasteiger partial charge in [0.2, 0.25) is 0 Å².